The number of fused-ring (bicyclic) bond motifs is 2. The molecule has 2 amide bonds. The summed E-state index contributed by atoms with van der Waals surface area (Å²) < 4.78 is 12.6. The summed E-state index contributed by atoms with van der Waals surface area (Å²) >= 11 is 3.43. The van der Waals surface area contributed by atoms with Crippen LogP contribution in [-0.2, 0) is 9.59 Å². The van der Waals surface area contributed by atoms with Gasteiger partial charge in [0.05, 0.1) is 23.0 Å². The van der Waals surface area contributed by atoms with Crippen molar-refractivity contribution in [1.29, 1.82) is 5.26 Å². The third kappa shape index (κ3) is 5.49. The van der Waals surface area contributed by atoms with Crippen LogP contribution in [0.1, 0.15) is 40.0 Å². The van der Waals surface area contributed by atoms with Gasteiger partial charge in [-0.1, -0.05) is 52.3 Å². The van der Waals surface area contributed by atoms with Crippen LogP contribution in [0.4, 0.5) is 11.4 Å². The molecular formula is C31H24BrN3O4. The maximum atomic E-state index is 12.2. The smallest absolute Gasteiger partial charge is 0.270 e. The molecule has 0 aromatic heterocycles. The average molecular weight is 582 g/mol. The van der Waals surface area contributed by atoms with E-state index in [0.29, 0.717) is 22.7 Å². The first kappa shape index (κ1) is 26.0. The normalized spacial score (nSPS) is 17.0. The second-order valence-electron chi connectivity index (χ2n) is 9.15. The van der Waals surface area contributed by atoms with Crippen LogP contribution in [0, 0.1) is 25.2 Å². The first-order chi connectivity index (χ1) is 18.8. The number of nitrogens with one attached hydrogen (secondary N) is 2. The van der Waals surface area contributed by atoms with E-state index >= 15 is 0 Å². The summed E-state index contributed by atoms with van der Waals surface area (Å²) in [6, 6.07) is 27.9. The zero-order chi connectivity index (χ0) is 27.5. The molecule has 194 valence electrons. The lowest BCUT2D eigenvalue weighted by Crippen LogP contribution is -2.30. The zero-order valence-corrected chi connectivity index (χ0v) is 22.8. The van der Waals surface area contributed by atoms with Crippen LogP contribution >= 0.6 is 15.9 Å². The van der Waals surface area contributed by atoms with Crippen LogP contribution in [-0.4, -0.2) is 11.8 Å². The number of nitriles is 1. The Kier molecular flexibility index (Phi) is 7.35. The summed E-state index contributed by atoms with van der Waals surface area (Å²) in [6.07, 6.45) is -1.33. The quantitative estimate of drug-likeness (QED) is 0.272. The van der Waals surface area contributed by atoms with Gasteiger partial charge >= 0.3 is 0 Å². The van der Waals surface area contributed by atoms with Gasteiger partial charge in [0.2, 0.25) is 12.2 Å². The lowest BCUT2D eigenvalue weighted by atomic mass is 9.99. The summed E-state index contributed by atoms with van der Waals surface area (Å²) in [7, 11) is 0. The van der Waals surface area contributed by atoms with Crippen molar-refractivity contribution in [2.24, 2.45) is 0 Å². The molecule has 4 aromatic rings. The molecule has 4 aromatic carbocycles. The highest BCUT2D eigenvalue weighted by molar-refractivity contribution is 9.10. The molecule has 0 saturated heterocycles. The Hall–Kier alpha value is -4.61. The molecule has 0 radical (unpaired) electrons. The van der Waals surface area contributed by atoms with E-state index in [-0.39, 0.29) is 11.8 Å². The number of carbonyl (C=O) groups is 2. The van der Waals surface area contributed by atoms with Crippen molar-refractivity contribution in [2.75, 3.05) is 10.6 Å². The van der Waals surface area contributed by atoms with Gasteiger partial charge in [0.25, 0.3) is 11.8 Å². The minimum atomic E-state index is -0.724. The molecule has 0 unspecified atom stereocenters. The number of hydrogen-bond donors (Lipinski definition) is 2. The van der Waals surface area contributed by atoms with E-state index in [1.807, 2.05) is 80.6 Å². The highest BCUT2D eigenvalue weighted by Gasteiger charge is 2.31. The monoisotopic (exact) mass is 581 g/mol. The number of benzene rings is 4. The van der Waals surface area contributed by atoms with Crippen molar-refractivity contribution >= 4 is 39.1 Å². The van der Waals surface area contributed by atoms with Gasteiger partial charge in [-0.2, -0.15) is 5.26 Å². The number of para-hydroxylation sites is 4. The molecular weight excluding hydrogens is 558 g/mol. The third-order valence-corrected chi connectivity index (χ3v) is 6.96. The number of rotatable bonds is 2. The van der Waals surface area contributed by atoms with E-state index in [2.05, 4.69) is 32.6 Å². The van der Waals surface area contributed by atoms with Crippen molar-refractivity contribution in [2.45, 2.75) is 26.1 Å². The largest absolute Gasteiger partial charge is 0.474 e. The molecule has 0 saturated carbocycles. The number of halogens is 1. The Morgan fingerprint density at radius 3 is 1.74 bits per heavy atom. The predicted molar refractivity (Wildman–Crippen MR) is 152 cm³/mol. The number of nitrogens with zero attached hydrogens (tertiary/aromatic N) is 1. The summed E-state index contributed by atoms with van der Waals surface area (Å²) in [5.41, 5.74) is 5.45. The molecule has 0 fully saturated rings. The standard InChI is InChI=1S/C16H12N2O2.C15H12BrNO2/c1-10-6-7-11(9-17)8-12(10)15-16(19)18-13-4-2-3-5-14(13)20-15;1-9-6-7-10(16)8-11(9)14-15(18)17-12-4-2-3-5-13(12)19-14/h2-8,15H,1H3,(H,18,19);2-8,14H,1H3,(H,17,18)/t15-;14-/m00/s1. The third-order valence-electron chi connectivity index (χ3n) is 6.47. The van der Waals surface area contributed by atoms with E-state index in [4.69, 9.17) is 14.7 Å². The first-order valence-corrected chi connectivity index (χ1v) is 13.0. The van der Waals surface area contributed by atoms with Crippen LogP contribution in [0.2, 0.25) is 0 Å². The first-order valence-electron chi connectivity index (χ1n) is 12.2. The Bertz CT molecular complexity index is 1630. The molecule has 2 heterocycles. The molecule has 6 rings (SSSR count). The van der Waals surface area contributed by atoms with Gasteiger partial charge in [0.1, 0.15) is 11.5 Å². The molecule has 0 aliphatic carbocycles. The summed E-state index contributed by atoms with van der Waals surface area (Å²) in [4.78, 5) is 24.4. The van der Waals surface area contributed by atoms with E-state index in [9.17, 15) is 9.59 Å². The second kappa shape index (κ2) is 11.0. The molecule has 2 atom stereocenters. The number of amides is 2. The fraction of sp³-hybridized carbons (Fsp3) is 0.129. The predicted octanol–water partition coefficient (Wildman–Crippen LogP) is 6.77. The van der Waals surface area contributed by atoms with Crippen molar-refractivity contribution in [1.82, 2.24) is 0 Å². The number of anilines is 2. The number of carbonyl (C=O) groups excluding carboxylic acids is 2. The Morgan fingerprint density at radius 2 is 1.21 bits per heavy atom. The summed E-state index contributed by atoms with van der Waals surface area (Å²) in [5, 5.41) is 14.7. The maximum Gasteiger partial charge on any atom is 0.270 e. The van der Waals surface area contributed by atoms with Crippen molar-refractivity contribution < 1.29 is 19.1 Å². The Labute approximate surface area is 234 Å². The lowest BCUT2D eigenvalue weighted by molar-refractivity contribution is -0.124. The SMILES string of the molecule is Cc1ccc(Br)cc1[C@@H]1Oc2ccccc2NC1=O.Cc1ccc(C#N)cc1[C@@H]1Oc2ccccc2NC1=O. The number of hydrogen-bond acceptors (Lipinski definition) is 5. The van der Waals surface area contributed by atoms with Crippen LogP contribution in [0.5, 0.6) is 11.5 Å². The second-order valence-corrected chi connectivity index (χ2v) is 10.1. The lowest BCUT2D eigenvalue weighted by Gasteiger charge is -2.27. The van der Waals surface area contributed by atoms with E-state index in [0.717, 1.165) is 32.4 Å². The van der Waals surface area contributed by atoms with E-state index < -0.39 is 12.2 Å². The molecule has 2 aliphatic heterocycles. The highest BCUT2D eigenvalue weighted by atomic mass is 79.9. The van der Waals surface area contributed by atoms with Gasteiger partial charge in [0.15, 0.2) is 0 Å². The molecule has 0 spiro atoms. The van der Waals surface area contributed by atoms with Crippen LogP contribution < -0.4 is 20.1 Å². The molecule has 2 N–H and O–H groups in total. The van der Waals surface area contributed by atoms with Crippen molar-refractivity contribution in [3.63, 3.8) is 0 Å². The fourth-order valence-corrected chi connectivity index (χ4v) is 4.78. The number of aryl methyl sites for hydroxylation is 2. The van der Waals surface area contributed by atoms with Crippen LogP contribution in [0.3, 0.4) is 0 Å². The van der Waals surface area contributed by atoms with E-state index in [1.165, 1.54) is 0 Å². The van der Waals surface area contributed by atoms with Gasteiger partial charge in [-0.05, 0) is 73.5 Å². The summed E-state index contributed by atoms with van der Waals surface area (Å²) in [6.45, 7) is 3.87. The van der Waals surface area contributed by atoms with Gasteiger partial charge in [-0.25, -0.2) is 0 Å². The van der Waals surface area contributed by atoms with Crippen molar-refractivity contribution in [3.8, 4) is 17.6 Å². The highest BCUT2D eigenvalue weighted by Crippen LogP contribution is 2.37. The topological polar surface area (TPSA) is 100 Å². The van der Waals surface area contributed by atoms with E-state index in [1.54, 1.807) is 18.2 Å². The molecule has 7 nitrogen and oxygen atoms in total. The molecule has 39 heavy (non-hydrogen) atoms. The fourth-order valence-electron chi connectivity index (χ4n) is 4.40. The van der Waals surface area contributed by atoms with Crippen LogP contribution in [0.15, 0.2) is 89.4 Å². The molecule has 8 heteroatoms. The van der Waals surface area contributed by atoms with Gasteiger partial charge < -0.3 is 20.1 Å². The Morgan fingerprint density at radius 1 is 0.718 bits per heavy atom. The minimum Gasteiger partial charge on any atom is -0.474 e. The van der Waals surface area contributed by atoms with Crippen molar-refractivity contribution in [3.05, 3.63) is 117 Å². The average Bonchev–Trinajstić information content (AvgIpc) is 2.94. The minimum absolute atomic E-state index is 0.139. The van der Waals surface area contributed by atoms with Gasteiger partial charge in [-0.15, -0.1) is 0 Å². The van der Waals surface area contributed by atoms with Gasteiger partial charge in [-0.3, -0.25) is 9.59 Å². The summed E-state index contributed by atoms with van der Waals surface area (Å²) in [5.74, 6) is 0.979. The number of ether oxygens (including phenoxy) is 2. The molecule has 0 bridgehead atoms. The maximum absolute atomic E-state index is 12.2. The van der Waals surface area contributed by atoms with Gasteiger partial charge in [0, 0.05) is 15.6 Å². The Balaban J connectivity index is 0.000000158. The zero-order valence-electron chi connectivity index (χ0n) is 21.2. The molecule has 2 aliphatic rings. The van der Waals surface area contributed by atoms with Crippen LogP contribution in [0.25, 0.3) is 0 Å².